The molecule has 1 aromatic rings. The Morgan fingerprint density at radius 3 is 2.47 bits per heavy atom. The van der Waals surface area contributed by atoms with E-state index < -0.39 is 5.91 Å². The summed E-state index contributed by atoms with van der Waals surface area (Å²) in [6.45, 7) is 0. The van der Waals surface area contributed by atoms with Crippen LogP contribution >= 0.6 is 0 Å². The second kappa shape index (κ2) is 5.69. The molecule has 6 heteroatoms. The predicted octanol–water partition coefficient (Wildman–Crippen LogP) is 0.637. The second-order valence-electron chi connectivity index (χ2n) is 4.86. The molecule has 19 heavy (non-hydrogen) atoms. The number of rotatable bonds is 4. The van der Waals surface area contributed by atoms with Crippen LogP contribution in [-0.4, -0.2) is 22.8 Å². The minimum Gasteiger partial charge on any atom is -0.369 e. The molecular weight excluding hydrogens is 244 g/mol. The van der Waals surface area contributed by atoms with Gasteiger partial charge in [0.15, 0.2) is 0 Å². The Morgan fingerprint density at radius 1 is 1.21 bits per heavy atom. The van der Waals surface area contributed by atoms with Gasteiger partial charge in [0.1, 0.15) is 5.82 Å². The van der Waals surface area contributed by atoms with E-state index in [0.29, 0.717) is 11.4 Å². The average Bonchev–Trinajstić information content (AvgIpc) is 2.39. The standard InChI is InChI=1S/C13H18N4O2/c14-11(18)8-3-5-9(6-4-8)17-13-10(12(15)19)2-1-7-16-13/h1-2,7-9H,3-6H2,(H2,14,18)(H2,15,19)(H,16,17). The molecule has 1 aliphatic carbocycles. The Morgan fingerprint density at radius 2 is 1.89 bits per heavy atom. The number of aromatic nitrogens is 1. The summed E-state index contributed by atoms with van der Waals surface area (Å²) in [6, 6.07) is 3.52. The first-order valence-corrected chi connectivity index (χ1v) is 6.38. The van der Waals surface area contributed by atoms with Crippen LogP contribution in [0.1, 0.15) is 36.0 Å². The SMILES string of the molecule is NC(=O)c1cccnc1NC1CCC(C(N)=O)CC1. The van der Waals surface area contributed by atoms with Gasteiger partial charge in [-0.15, -0.1) is 0 Å². The number of hydrogen-bond acceptors (Lipinski definition) is 4. The first-order valence-electron chi connectivity index (χ1n) is 6.38. The summed E-state index contributed by atoms with van der Waals surface area (Å²) in [5.74, 6) is -0.245. The summed E-state index contributed by atoms with van der Waals surface area (Å²) in [4.78, 5) is 26.5. The maximum atomic E-state index is 11.3. The monoisotopic (exact) mass is 262 g/mol. The molecule has 1 heterocycles. The van der Waals surface area contributed by atoms with Crippen molar-refractivity contribution in [1.82, 2.24) is 4.98 Å². The van der Waals surface area contributed by atoms with Crippen LogP contribution in [0.15, 0.2) is 18.3 Å². The third kappa shape index (κ3) is 3.21. The summed E-state index contributed by atoms with van der Waals surface area (Å²) in [7, 11) is 0. The van der Waals surface area contributed by atoms with Crippen LogP contribution < -0.4 is 16.8 Å². The molecule has 0 saturated heterocycles. The van der Waals surface area contributed by atoms with Crippen LogP contribution in [0.5, 0.6) is 0 Å². The van der Waals surface area contributed by atoms with Crippen LogP contribution in [0, 0.1) is 5.92 Å². The number of carbonyl (C=O) groups is 2. The topological polar surface area (TPSA) is 111 Å². The molecule has 6 nitrogen and oxygen atoms in total. The zero-order valence-corrected chi connectivity index (χ0v) is 10.6. The van der Waals surface area contributed by atoms with Gasteiger partial charge in [0.05, 0.1) is 5.56 Å². The van der Waals surface area contributed by atoms with Gasteiger partial charge in [0.25, 0.3) is 5.91 Å². The van der Waals surface area contributed by atoms with Crippen molar-refractivity contribution in [2.45, 2.75) is 31.7 Å². The number of carbonyl (C=O) groups excluding carboxylic acids is 2. The number of amides is 2. The first kappa shape index (κ1) is 13.3. The van der Waals surface area contributed by atoms with Crippen molar-refractivity contribution < 1.29 is 9.59 Å². The molecule has 1 saturated carbocycles. The number of hydrogen-bond donors (Lipinski definition) is 3. The summed E-state index contributed by atoms with van der Waals surface area (Å²) in [5, 5.41) is 3.23. The third-order valence-corrected chi connectivity index (χ3v) is 3.54. The quantitative estimate of drug-likeness (QED) is 0.739. The highest BCUT2D eigenvalue weighted by Crippen LogP contribution is 2.26. The van der Waals surface area contributed by atoms with Crippen molar-refractivity contribution >= 4 is 17.6 Å². The Labute approximate surface area is 111 Å². The molecule has 2 amide bonds. The van der Waals surface area contributed by atoms with E-state index >= 15 is 0 Å². The Kier molecular flexibility index (Phi) is 3.99. The molecule has 0 spiro atoms. The number of nitrogens with zero attached hydrogens (tertiary/aromatic N) is 1. The van der Waals surface area contributed by atoms with Crippen molar-refractivity contribution in [3.05, 3.63) is 23.9 Å². The first-order chi connectivity index (χ1) is 9.08. The summed E-state index contributed by atoms with van der Waals surface area (Å²) in [6.07, 6.45) is 4.83. The Balaban J connectivity index is 2.00. The lowest BCUT2D eigenvalue weighted by Crippen LogP contribution is -2.33. The lowest BCUT2D eigenvalue weighted by Gasteiger charge is -2.28. The molecule has 1 aromatic heterocycles. The number of nitrogens with one attached hydrogen (secondary N) is 1. The fourth-order valence-electron chi connectivity index (χ4n) is 2.43. The van der Waals surface area contributed by atoms with Crippen LogP contribution in [0.4, 0.5) is 5.82 Å². The number of primary amides is 2. The average molecular weight is 262 g/mol. The minimum absolute atomic E-state index is 0.0302. The maximum absolute atomic E-state index is 11.3. The Hall–Kier alpha value is -2.11. The normalized spacial score (nSPS) is 22.7. The summed E-state index contributed by atoms with van der Waals surface area (Å²) >= 11 is 0. The fourth-order valence-corrected chi connectivity index (χ4v) is 2.43. The van der Waals surface area contributed by atoms with Gasteiger partial charge in [-0.3, -0.25) is 9.59 Å². The molecule has 1 aliphatic rings. The molecular formula is C13H18N4O2. The van der Waals surface area contributed by atoms with E-state index in [-0.39, 0.29) is 17.9 Å². The highest BCUT2D eigenvalue weighted by atomic mass is 16.1. The van der Waals surface area contributed by atoms with E-state index in [0.717, 1.165) is 25.7 Å². The van der Waals surface area contributed by atoms with Gasteiger partial charge in [-0.2, -0.15) is 0 Å². The molecule has 0 bridgehead atoms. The van der Waals surface area contributed by atoms with E-state index in [2.05, 4.69) is 10.3 Å². The molecule has 0 radical (unpaired) electrons. The van der Waals surface area contributed by atoms with Crippen LogP contribution in [-0.2, 0) is 4.79 Å². The summed E-state index contributed by atoms with van der Waals surface area (Å²) in [5.41, 5.74) is 11.0. The second-order valence-corrected chi connectivity index (χ2v) is 4.86. The van der Waals surface area contributed by atoms with Gasteiger partial charge in [0, 0.05) is 18.2 Å². The van der Waals surface area contributed by atoms with Gasteiger partial charge < -0.3 is 16.8 Å². The molecule has 0 unspecified atom stereocenters. The number of pyridine rings is 1. The molecule has 102 valence electrons. The third-order valence-electron chi connectivity index (χ3n) is 3.54. The van der Waals surface area contributed by atoms with Crippen LogP contribution in [0.3, 0.4) is 0 Å². The van der Waals surface area contributed by atoms with Crippen molar-refractivity contribution in [2.24, 2.45) is 17.4 Å². The maximum Gasteiger partial charge on any atom is 0.252 e. The fraction of sp³-hybridized carbons (Fsp3) is 0.462. The molecule has 5 N–H and O–H groups in total. The predicted molar refractivity (Wildman–Crippen MR) is 71.3 cm³/mol. The zero-order valence-electron chi connectivity index (χ0n) is 10.6. The van der Waals surface area contributed by atoms with Gasteiger partial charge in [-0.1, -0.05) is 0 Å². The van der Waals surface area contributed by atoms with Crippen molar-refractivity contribution in [2.75, 3.05) is 5.32 Å². The minimum atomic E-state index is -0.499. The largest absolute Gasteiger partial charge is 0.369 e. The zero-order chi connectivity index (χ0) is 13.8. The lowest BCUT2D eigenvalue weighted by atomic mass is 9.85. The number of nitrogens with two attached hydrogens (primary N) is 2. The van der Waals surface area contributed by atoms with E-state index in [4.69, 9.17) is 11.5 Å². The van der Waals surface area contributed by atoms with E-state index in [9.17, 15) is 9.59 Å². The van der Waals surface area contributed by atoms with Crippen molar-refractivity contribution in [1.29, 1.82) is 0 Å². The number of anilines is 1. The smallest absolute Gasteiger partial charge is 0.252 e. The van der Waals surface area contributed by atoms with Gasteiger partial charge in [-0.25, -0.2) is 4.98 Å². The van der Waals surface area contributed by atoms with Gasteiger partial charge in [0.2, 0.25) is 5.91 Å². The molecule has 0 aliphatic heterocycles. The van der Waals surface area contributed by atoms with E-state index in [1.165, 1.54) is 0 Å². The van der Waals surface area contributed by atoms with Crippen molar-refractivity contribution in [3.63, 3.8) is 0 Å². The van der Waals surface area contributed by atoms with Gasteiger partial charge >= 0.3 is 0 Å². The van der Waals surface area contributed by atoms with Gasteiger partial charge in [-0.05, 0) is 37.8 Å². The molecule has 1 fully saturated rings. The van der Waals surface area contributed by atoms with E-state index in [1.807, 2.05) is 0 Å². The lowest BCUT2D eigenvalue weighted by molar-refractivity contribution is -0.122. The van der Waals surface area contributed by atoms with Crippen molar-refractivity contribution in [3.8, 4) is 0 Å². The Bertz CT molecular complexity index is 481. The highest BCUT2D eigenvalue weighted by molar-refractivity contribution is 5.97. The van der Waals surface area contributed by atoms with Crippen LogP contribution in [0.25, 0.3) is 0 Å². The van der Waals surface area contributed by atoms with Crippen LogP contribution in [0.2, 0.25) is 0 Å². The molecule has 2 rings (SSSR count). The molecule has 0 atom stereocenters. The highest BCUT2D eigenvalue weighted by Gasteiger charge is 2.25. The van der Waals surface area contributed by atoms with E-state index in [1.54, 1.807) is 18.3 Å². The molecule has 0 aromatic carbocycles. The summed E-state index contributed by atoms with van der Waals surface area (Å²) < 4.78 is 0.